The summed E-state index contributed by atoms with van der Waals surface area (Å²) in [6.07, 6.45) is 3.90. The van der Waals surface area contributed by atoms with E-state index >= 15 is 0 Å². The van der Waals surface area contributed by atoms with Crippen molar-refractivity contribution in [1.82, 2.24) is 15.2 Å². The monoisotopic (exact) mass is 481 g/mol. The van der Waals surface area contributed by atoms with Gasteiger partial charge in [-0.25, -0.2) is 4.79 Å². The van der Waals surface area contributed by atoms with Crippen molar-refractivity contribution in [3.05, 3.63) is 41.8 Å². The summed E-state index contributed by atoms with van der Waals surface area (Å²) >= 11 is 0. The van der Waals surface area contributed by atoms with Crippen molar-refractivity contribution in [2.75, 3.05) is 20.2 Å². The first kappa shape index (κ1) is 24.4. The van der Waals surface area contributed by atoms with Gasteiger partial charge in [0, 0.05) is 24.8 Å². The molecule has 35 heavy (non-hydrogen) atoms. The van der Waals surface area contributed by atoms with Gasteiger partial charge in [-0.1, -0.05) is 0 Å². The van der Waals surface area contributed by atoms with Crippen LogP contribution in [0.5, 0.6) is 5.75 Å². The molecule has 1 fully saturated rings. The van der Waals surface area contributed by atoms with Gasteiger partial charge in [0.1, 0.15) is 22.9 Å². The summed E-state index contributed by atoms with van der Waals surface area (Å²) in [6.45, 7) is 6.74. The van der Waals surface area contributed by atoms with Crippen molar-refractivity contribution in [1.29, 1.82) is 0 Å². The first-order valence-corrected chi connectivity index (χ1v) is 11.8. The highest BCUT2D eigenvalue weighted by Crippen LogP contribution is 2.37. The first-order valence-electron chi connectivity index (χ1n) is 11.8. The number of likely N-dealkylation sites (tertiary alicyclic amines) is 1. The molecule has 1 aromatic carbocycles. The second-order valence-electron chi connectivity index (χ2n) is 9.57. The fraction of sp³-hybridized carbons (Fsp3) is 0.423. The molecule has 9 heteroatoms. The van der Waals surface area contributed by atoms with E-state index in [4.69, 9.17) is 13.9 Å². The van der Waals surface area contributed by atoms with Crippen molar-refractivity contribution in [3.63, 3.8) is 0 Å². The molecule has 0 atom stereocenters. The number of nitrogens with zero attached hydrogens (tertiary/aromatic N) is 1. The van der Waals surface area contributed by atoms with Crippen LogP contribution < -0.4 is 10.1 Å². The standard InChI is InChI=1S/C26H31N3O6/c1-26(2,3)35-25(32)28-14-16-8-10-19(34-16)17-9-11-20(33-4)21-18(15-27-22(17)21)23(30)24(31)29-12-6-5-7-13-29/h8-11,15,27H,5-7,12-14H2,1-4H3,(H,28,32). The Morgan fingerprint density at radius 2 is 1.83 bits per heavy atom. The highest BCUT2D eigenvalue weighted by Gasteiger charge is 2.28. The van der Waals surface area contributed by atoms with Crippen molar-refractivity contribution < 1.29 is 28.3 Å². The maximum absolute atomic E-state index is 13.1. The van der Waals surface area contributed by atoms with E-state index in [1.807, 2.05) is 6.07 Å². The van der Waals surface area contributed by atoms with Gasteiger partial charge >= 0.3 is 6.09 Å². The van der Waals surface area contributed by atoms with Gasteiger partial charge < -0.3 is 29.1 Å². The van der Waals surface area contributed by atoms with E-state index in [-0.39, 0.29) is 12.1 Å². The number of aromatic nitrogens is 1. The van der Waals surface area contributed by atoms with E-state index < -0.39 is 23.4 Å². The zero-order chi connectivity index (χ0) is 25.2. The fourth-order valence-corrected chi connectivity index (χ4v) is 4.22. The molecule has 2 aromatic heterocycles. The van der Waals surface area contributed by atoms with Crippen LogP contribution in [-0.2, 0) is 16.1 Å². The number of hydrogen-bond donors (Lipinski definition) is 2. The molecule has 3 heterocycles. The number of piperidine rings is 1. The number of carbonyl (C=O) groups excluding carboxylic acids is 3. The quantitative estimate of drug-likeness (QED) is 0.391. The summed E-state index contributed by atoms with van der Waals surface area (Å²) in [5.41, 5.74) is 1.01. The number of carbonyl (C=O) groups is 3. The molecular formula is C26H31N3O6. The number of ether oxygens (including phenoxy) is 2. The summed E-state index contributed by atoms with van der Waals surface area (Å²) in [5.74, 6) is 0.514. The van der Waals surface area contributed by atoms with Gasteiger partial charge in [-0.2, -0.15) is 0 Å². The molecule has 0 aliphatic carbocycles. The smallest absolute Gasteiger partial charge is 0.408 e. The predicted octanol–water partition coefficient (Wildman–Crippen LogP) is 4.66. The Morgan fingerprint density at radius 3 is 2.51 bits per heavy atom. The molecule has 9 nitrogen and oxygen atoms in total. The lowest BCUT2D eigenvalue weighted by molar-refractivity contribution is -0.127. The van der Waals surface area contributed by atoms with E-state index in [1.54, 1.807) is 50.1 Å². The van der Waals surface area contributed by atoms with Gasteiger partial charge in [0.2, 0.25) is 0 Å². The summed E-state index contributed by atoms with van der Waals surface area (Å²) in [5, 5.41) is 3.20. The third-order valence-corrected chi connectivity index (χ3v) is 5.83. The minimum atomic E-state index is -0.592. The minimum Gasteiger partial charge on any atom is -0.496 e. The Labute approximate surface area is 203 Å². The molecule has 0 unspecified atom stereocenters. The molecule has 0 spiro atoms. The van der Waals surface area contributed by atoms with Crippen molar-refractivity contribution in [2.45, 2.75) is 52.2 Å². The van der Waals surface area contributed by atoms with Gasteiger partial charge in [-0.05, 0) is 64.3 Å². The van der Waals surface area contributed by atoms with Gasteiger partial charge in [-0.15, -0.1) is 0 Å². The number of rotatable bonds is 6. The largest absolute Gasteiger partial charge is 0.496 e. The Morgan fingerprint density at radius 1 is 1.09 bits per heavy atom. The zero-order valence-corrected chi connectivity index (χ0v) is 20.5. The fourth-order valence-electron chi connectivity index (χ4n) is 4.22. The van der Waals surface area contributed by atoms with Crippen LogP contribution in [0.15, 0.2) is 34.9 Å². The number of nitrogens with one attached hydrogen (secondary N) is 2. The number of Topliss-reactive ketones (excluding diaryl/α,β-unsaturated/α-hetero) is 1. The summed E-state index contributed by atoms with van der Waals surface area (Å²) in [6, 6.07) is 7.11. The van der Waals surface area contributed by atoms with E-state index in [1.165, 1.54) is 7.11 Å². The molecule has 0 saturated carbocycles. The molecule has 1 saturated heterocycles. The zero-order valence-electron chi connectivity index (χ0n) is 20.5. The van der Waals surface area contributed by atoms with Gasteiger partial charge in [0.25, 0.3) is 11.7 Å². The van der Waals surface area contributed by atoms with Crippen LogP contribution in [0, 0.1) is 0 Å². The first-order chi connectivity index (χ1) is 16.7. The Balaban J connectivity index is 1.60. The second kappa shape index (κ2) is 9.85. The van der Waals surface area contributed by atoms with Gasteiger partial charge in [0.15, 0.2) is 0 Å². The molecule has 0 radical (unpaired) electrons. The normalized spacial score (nSPS) is 14.1. The van der Waals surface area contributed by atoms with Crippen LogP contribution >= 0.6 is 0 Å². The highest BCUT2D eigenvalue weighted by atomic mass is 16.6. The van der Waals surface area contributed by atoms with Crippen LogP contribution in [0.3, 0.4) is 0 Å². The van der Waals surface area contributed by atoms with E-state index in [9.17, 15) is 14.4 Å². The lowest BCUT2D eigenvalue weighted by atomic mass is 10.0. The molecular weight excluding hydrogens is 450 g/mol. The Bertz CT molecular complexity index is 1240. The molecule has 3 aromatic rings. The Hall–Kier alpha value is -3.75. The van der Waals surface area contributed by atoms with Crippen molar-refractivity contribution >= 4 is 28.7 Å². The average Bonchev–Trinajstić information content (AvgIpc) is 3.48. The van der Waals surface area contributed by atoms with E-state index in [0.29, 0.717) is 46.8 Å². The second-order valence-corrected chi connectivity index (χ2v) is 9.57. The van der Waals surface area contributed by atoms with Crippen LogP contribution in [0.4, 0.5) is 4.79 Å². The third-order valence-electron chi connectivity index (χ3n) is 5.83. The maximum atomic E-state index is 13.1. The average molecular weight is 482 g/mol. The Kier molecular flexibility index (Phi) is 6.86. The van der Waals surface area contributed by atoms with Crippen LogP contribution in [0.25, 0.3) is 22.2 Å². The molecule has 2 amide bonds. The summed E-state index contributed by atoms with van der Waals surface area (Å²) in [7, 11) is 1.52. The van der Waals surface area contributed by atoms with E-state index in [0.717, 1.165) is 19.3 Å². The van der Waals surface area contributed by atoms with Crippen LogP contribution in [-0.4, -0.2) is 53.5 Å². The number of alkyl carbamates (subject to hydrolysis) is 1. The summed E-state index contributed by atoms with van der Waals surface area (Å²) < 4.78 is 16.7. The molecule has 4 rings (SSSR count). The lowest BCUT2D eigenvalue weighted by Gasteiger charge is -2.25. The van der Waals surface area contributed by atoms with Crippen molar-refractivity contribution in [2.24, 2.45) is 0 Å². The number of furan rings is 1. The van der Waals surface area contributed by atoms with Crippen LogP contribution in [0.1, 0.15) is 56.2 Å². The number of ketones is 1. The highest BCUT2D eigenvalue weighted by molar-refractivity contribution is 6.45. The number of fused-ring (bicyclic) bond motifs is 1. The number of aromatic amines is 1. The lowest BCUT2D eigenvalue weighted by Crippen LogP contribution is -2.40. The molecule has 0 bridgehead atoms. The topological polar surface area (TPSA) is 114 Å². The molecule has 186 valence electrons. The number of H-pyrrole nitrogens is 1. The molecule has 1 aliphatic rings. The maximum Gasteiger partial charge on any atom is 0.408 e. The number of amides is 2. The van der Waals surface area contributed by atoms with E-state index in [2.05, 4.69) is 10.3 Å². The predicted molar refractivity (Wildman–Crippen MR) is 130 cm³/mol. The molecule has 1 aliphatic heterocycles. The number of methoxy groups -OCH3 is 1. The van der Waals surface area contributed by atoms with Crippen LogP contribution in [0.2, 0.25) is 0 Å². The SMILES string of the molecule is COc1ccc(-c2ccc(CNC(=O)OC(C)(C)C)o2)c2[nH]cc(C(=O)C(=O)N3CCCCC3)c12. The van der Waals surface area contributed by atoms with Crippen molar-refractivity contribution in [3.8, 4) is 17.1 Å². The summed E-state index contributed by atoms with van der Waals surface area (Å²) in [4.78, 5) is 42.7. The molecule has 2 N–H and O–H groups in total. The van der Waals surface area contributed by atoms with Gasteiger partial charge in [0.05, 0.1) is 30.1 Å². The van der Waals surface area contributed by atoms with Gasteiger partial charge in [-0.3, -0.25) is 9.59 Å². The minimum absolute atomic E-state index is 0.160. The number of benzene rings is 1. The number of hydrogen-bond acceptors (Lipinski definition) is 6. The third kappa shape index (κ3) is 5.34.